The maximum atomic E-state index is 4.81. The monoisotopic (exact) mass is 251 g/mol. The molecule has 1 aromatic rings. The van der Waals surface area contributed by atoms with Crippen LogP contribution in [0.1, 0.15) is 69.0 Å². The molecule has 17 heavy (non-hydrogen) atoms. The number of fused-ring (bicyclic) bond motifs is 1. The third kappa shape index (κ3) is 2.57. The van der Waals surface area contributed by atoms with Gasteiger partial charge in [0.15, 0.2) is 0 Å². The van der Waals surface area contributed by atoms with Crippen LogP contribution in [0, 0.1) is 11.3 Å². The molecule has 1 aliphatic rings. The Balaban J connectivity index is 2.19. The number of rotatable bonds is 3. The molecule has 2 rings (SSSR count). The first kappa shape index (κ1) is 13.1. The Labute approximate surface area is 110 Å². The van der Waals surface area contributed by atoms with E-state index in [1.807, 2.05) is 11.3 Å². The fraction of sp³-hybridized carbons (Fsp3) is 0.800. The minimum atomic E-state index is 0.486. The van der Waals surface area contributed by atoms with E-state index >= 15 is 0 Å². The molecule has 0 aliphatic heterocycles. The average molecular weight is 251 g/mol. The first-order valence-electron chi connectivity index (χ1n) is 6.92. The third-order valence-electron chi connectivity index (χ3n) is 4.47. The molecule has 1 nitrogen and oxygen atoms in total. The summed E-state index contributed by atoms with van der Waals surface area (Å²) in [6.07, 6.45) is 5.07. The molecule has 0 N–H and O–H groups in total. The van der Waals surface area contributed by atoms with Crippen molar-refractivity contribution < 1.29 is 0 Å². The summed E-state index contributed by atoms with van der Waals surface area (Å²) in [4.78, 5) is 6.39. The highest BCUT2D eigenvalue weighted by molar-refractivity contribution is 7.11. The molecule has 0 bridgehead atoms. The molecule has 1 aromatic heterocycles. The summed E-state index contributed by atoms with van der Waals surface area (Å²) in [5, 5.41) is 1.34. The molecule has 0 fully saturated rings. The van der Waals surface area contributed by atoms with E-state index in [0.717, 1.165) is 5.92 Å². The molecule has 1 heterocycles. The highest BCUT2D eigenvalue weighted by Crippen LogP contribution is 2.41. The largest absolute Gasteiger partial charge is 0.246 e. The predicted molar refractivity (Wildman–Crippen MR) is 75.8 cm³/mol. The van der Waals surface area contributed by atoms with Crippen LogP contribution < -0.4 is 0 Å². The van der Waals surface area contributed by atoms with Gasteiger partial charge in [-0.15, -0.1) is 11.3 Å². The minimum absolute atomic E-state index is 0.486. The zero-order chi connectivity index (χ0) is 12.6. The number of aryl methyl sites for hydroxylation is 1. The number of aromatic nitrogens is 1. The Kier molecular flexibility index (Phi) is 3.63. The van der Waals surface area contributed by atoms with Crippen molar-refractivity contribution in [1.29, 1.82) is 0 Å². The second-order valence-corrected chi connectivity index (χ2v) is 7.47. The maximum Gasteiger partial charge on any atom is 0.0956 e. The van der Waals surface area contributed by atoms with Crippen molar-refractivity contribution in [2.45, 2.75) is 66.2 Å². The molecular weight excluding hydrogens is 226 g/mol. The van der Waals surface area contributed by atoms with E-state index in [1.54, 1.807) is 4.88 Å². The quantitative estimate of drug-likeness (QED) is 0.751. The summed E-state index contributed by atoms with van der Waals surface area (Å²) < 4.78 is 0. The lowest BCUT2D eigenvalue weighted by molar-refractivity contribution is 0.183. The van der Waals surface area contributed by atoms with E-state index in [9.17, 15) is 0 Å². The molecule has 0 spiro atoms. The minimum Gasteiger partial charge on any atom is -0.246 e. The maximum absolute atomic E-state index is 4.81. The smallest absolute Gasteiger partial charge is 0.0956 e. The van der Waals surface area contributed by atoms with Crippen LogP contribution in [0.2, 0.25) is 0 Å². The van der Waals surface area contributed by atoms with Gasteiger partial charge < -0.3 is 0 Å². The molecule has 0 radical (unpaired) electrons. The van der Waals surface area contributed by atoms with Crippen LogP contribution in [0.5, 0.6) is 0 Å². The molecule has 2 heteroatoms. The van der Waals surface area contributed by atoms with Crippen molar-refractivity contribution in [3.63, 3.8) is 0 Å². The second kappa shape index (κ2) is 4.72. The highest BCUT2D eigenvalue weighted by atomic mass is 32.1. The van der Waals surface area contributed by atoms with Crippen LogP contribution in [-0.4, -0.2) is 4.98 Å². The molecule has 0 amide bonds. The Bertz CT molecular complexity index is 390. The Morgan fingerprint density at radius 2 is 2.12 bits per heavy atom. The van der Waals surface area contributed by atoms with Crippen molar-refractivity contribution >= 4 is 11.3 Å². The lowest BCUT2D eigenvalue weighted by atomic mass is 9.70. The summed E-state index contributed by atoms with van der Waals surface area (Å²) in [7, 11) is 0. The van der Waals surface area contributed by atoms with Gasteiger partial charge in [-0.25, -0.2) is 4.98 Å². The number of hydrogen-bond acceptors (Lipinski definition) is 2. The third-order valence-corrected chi connectivity index (χ3v) is 5.89. The van der Waals surface area contributed by atoms with Crippen LogP contribution in [-0.2, 0) is 12.8 Å². The predicted octanol–water partition coefficient (Wildman–Crippen LogP) is 4.81. The van der Waals surface area contributed by atoms with E-state index in [4.69, 9.17) is 4.98 Å². The first-order chi connectivity index (χ1) is 7.94. The normalized spacial score (nSPS) is 20.7. The Hall–Kier alpha value is -0.370. The van der Waals surface area contributed by atoms with Crippen LogP contribution in [0.15, 0.2) is 0 Å². The van der Waals surface area contributed by atoms with Gasteiger partial charge in [-0.05, 0) is 30.6 Å². The van der Waals surface area contributed by atoms with Gasteiger partial charge in [0.1, 0.15) is 0 Å². The van der Waals surface area contributed by atoms with E-state index in [1.165, 1.54) is 36.4 Å². The van der Waals surface area contributed by atoms with Crippen molar-refractivity contribution in [1.82, 2.24) is 4.98 Å². The van der Waals surface area contributed by atoms with Crippen molar-refractivity contribution in [3.8, 4) is 0 Å². The summed E-state index contributed by atoms with van der Waals surface area (Å²) in [5.74, 6) is 1.43. The summed E-state index contributed by atoms with van der Waals surface area (Å²) in [6, 6.07) is 0. The molecule has 0 aromatic carbocycles. The van der Waals surface area contributed by atoms with E-state index in [0.29, 0.717) is 11.3 Å². The molecular formula is C15H25NS. The fourth-order valence-electron chi connectivity index (χ4n) is 2.60. The number of hydrogen-bond donors (Lipinski definition) is 0. The molecule has 1 atom stereocenters. The summed E-state index contributed by atoms with van der Waals surface area (Å²) in [6.45, 7) is 11.7. The fourth-order valence-corrected chi connectivity index (χ4v) is 3.79. The first-order valence-corrected chi connectivity index (χ1v) is 7.74. The van der Waals surface area contributed by atoms with E-state index in [-0.39, 0.29) is 0 Å². The van der Waals surface area contributed by atoms with Crippen molar-refractivity contribution in [2.24, 2.45) is 11.3 Å². The summed E-state index contributed by atoms with van der Waals surface area (Å²) >= 11 is 1.96. The second-order valence-electron chi connectivity index (χ2n) is 6.36. The van der Waals surface area contributed by atoms with Crippen LogP contribution in [0.4, 0.5) is 0 Å². The highest BCUT2D eigenvalue weighted by Gasteiger charge is 2.32. The van der Waals surface area contributed by atoms with Crippen molar-refractivity contribution in [3.05, 3.63) is 15.6 Å². The molecule has 1 aliphatic carbocycles. The standard InChI is InChI=1S/C15H25NS/c1-6-15(4,5)11-7-8-12-13(9-11)17-14(16-12)10(2)3/h10-11H,6-9H2,1-5H3. The van der Waals surface area contributed by atoms with Gasteiger partial charge in [-0.3, -0.25) is 0 Å². The summed E-state index contributed by atoms with van der Waals surface area (Å²) in [5.41, 5.74) is 1.89. The topological polar surface area (TPSA) is 12.9 Å². The number of nitrogens with zero attached hydrogens (tertiary/aromatic N) is 1. The Morgan fingerprint density at radius 3 is 2.71 bits per heavy atom. The van der Waals surface area contributed by atoms with Gasteiger partial charge >= 0.3 is 0 Å². The lowest BCUT2D eigenvalue weighted by Crippen LogP contribution is -2.28. The average Bonchev–Trinajstić information content (AvgIpc) is 2.71. The van der Waals surface area contributed by atoms with Gasteiger partial charge in [-0.1, -0.05) is 41.0 Å². The Morgan fingerprint density at radius 1 is 1.41 bits per heavy atom. The zero-order valence-electron chi connectivity index (χ0n) is 11.8. The van der Waals surface area contributed by atoms with Gasteiger partial charge in [0, 0.05) is 10.8 Å². The SMILES string of the molecule is CCC(C)(C)C1CCc2nc(C(C)C)sc2C1. The van der Waals surface area contributed by atoms with Crippen LogP contribution >= 0.6 is 11.3 Å². The van der Waals surface area contributed by atoms with Gasteiger partial charge in [-0.2, -0.15) is 0 Å². The van der Waals surface area contributed by atoms with Crippen LogP contribution in [0.3, 0.4) is 0 Å². The zero-order valence-corrected chi connectivity index (χ0v) is 12.7. The van der Waals surface area contributed by atoms with Gasteiger partial charge in [0.2, 0.25) is 0 Å². The molecule has 1 unspecified atom stereocenters. The molecule has 0 saturated carbocycles. The number of thiazole rings is 1. The van der Waals surface area contributed by atoms with Gasteiger partial charge in [0.05, 0.1) is 10.7 Å². The van der Waals surface area contributed by atoms with E-state index in [2.05, 4.69) is 34.6 Å². The van der Waals surface area contributed by atoms with Crippen LogP contribution in [0.25, 0.3) is 0 Å². The van der Waals surface area contributed by atoms with Gasteiger partial charge in [0.25, 0.3) is 0 Å². The van der Waals surface area contributed by atoms with E-state index < -0.39 is 0 Å². The lowest BCUT2D eigenvalue weighted by Gasteiger charge is -2.35. The molecule has 96 valence electrons. The van der Waals surface area contributed by atoms with Crippen molar-refractivity contribution in [2.75, 3.05) is 0 Å². The molecule has 0 saturated heterocycles.